The van der Waals surface area contributed by atoms with Crippen LogP contribution in [-0.2, 0) is 26.2 Å². The maximum Gasteiger partial charge on any atom is 0.264 e. The molecule has 0 spiro atoms. The topological polar surface area (TPSA) is 86.8 Å². The first-order chi connectivity index (χ1) is 18.8. The summed E-state index contributed by atoms with van der Waals surface area (Å²) in [5, 5.41) is 3.24. The first-order valence-electron chi connectivity index (χ1n) is 13.0. The van der Waals surface area contributed by atoms with Crippen molar-refractivity contribution in [2.45, 2.75) is 52.1 Å². The normalized spacial score (nSPS) is 12.2. The van der Waals surface area contributed by atoms with Crippen LogP contribution in [0.3, 0.4) is 0 Å². The van der Waals surface area contributed by atoms with Gasteiger partial charge in [0.05, 0.1) is 15.6 Å². The first-order valence-corrected chi connectivity index (χ1v) is 15.2. The molecule has 0 bridgehead atoms. The number of aryl methyl sites for hydroxylation is 2. The molecule has 0 aliphatic carbocycles. The highest BCUT2D eigenvalue weighted by Gasteiger charge is 2.33. The quantitative estimate of drug-likeness (QED) is 0.291. The Labute approximate surface area is 247 Å². The second kappa shape index (κ2) is 13.5. The van der Waals surface area contributed by atoms with E-state index in [4.69, 9.17) is 23.2 Å². The van der Waals surface area contributed by atoms with Crippen LogP contribution in [0.4, 0.5) is 5.69 Å². The Kier molecular flexibility index (Phi) is 10.6. The summed E-state index contributed by atoms with van der Waals surface area (Å²) >= 11 is 12.7. The highest BCUT2D eigenvalue weighted by molar-refractivity contribution is 7.92. The fourth-order valence-corrected chi connectivity index (χ4v) is 5.81. The number of rotatable bonds is 11. The van der Waals surface area contributed by atoms with Gasteiger partial charge in [0, 0.05) is 18.1 Å². The molecule has 0 fully saturated rings. The molecule has 0 aromatic heterocycles. The third kappa shape index (κ3) is 7.99. The molecule has 0 saturated heterocycles. The first kappa shape index (κ1) is 31.5. The van der Waals surface area contributed by atoms with Gasteiger partial charge in [-0.25, -0.2) is 8.42 Å². The number of hydrogen-bond acceptors (Lipinski definition) is 4. The van der Waals surface area contributed by atoms with E-state index >= 15 is 0 Å². The number of benzene rings is 3. The van der Waals surface area contributed by atoms with E-state index in [1.54, 1.807) is 19.1 Å². The van der Waals surface area contributed by atoms with E-state index in [0.29, 0.717) is 6.54 Å². The highest BCUT2D eigenvalue weighted by Crippen LogP contribution is 2.33. The van der Waals surface area contributed by atoms with Gasteiger partial charge in [-0.3, -0.25) is 13.9 Å². The van der Waals surface area contributed by atoms with E-state index < -0.39 is 28.5 Å². The van der Waals surface area contributed by atoms with Gasteiger partial charge in [0.25, 0.3) is 10.0 Å². The summed E-state index contributed by atoms with van der Waals surface area (Å²) in [6, 6.07) is 17.5. The van der Waals surface area contributed by atoms with Crippen molar-refractivity contribution in [2.75, 3.05) is 17.4 Å². The highest BCUT2D eigenvalue weighted by atomic mass is 35.5. The zero-order valence-corrected chi connectivity index (χ0v) is 25.6. The molecule has 0 heterocycles. The zero-order valence-electron chi connectivity index (χ0n) is 23.3. The summed E-state index contributed by atoms with van der Waals surface area (Å²) in [4.78, 5) is 28.4. The van der Waals surface area contributed by atoms with Crippen molar-refractivity contribution in [1.29, 1.82) is 0 Å². The maximum atomic E-state index is 14.0. The second-order valence-electron chi connectivity index (χ2n) is 10.2. The molecule has 0 aliphatic rings. The van der Waals surface area contributed by atoms with E-state index in [-0.39, 0.29) is 39.0 Å². The molecule has 3 aromatic rings. The number of halogens is 2. The molecule has 40 heavy (non-hydrogen) atoms. The summed E-state index contributed by atoms with van der Waals surface area (Å²) in [6.07, 6.45) is 0. The minimum absolute atomic E-state index is 0.00486. The molecule has 214 valence electrons. The van der Waals surface area contributed by atoms with Crippen LogP contribution in [0.15, 0.2) is 71.6 Å². The number of sulfonamides is 1. The van der Waals surface area contributed by atoms with Crippen LogP contribution in [0.25, 0.3) is 0 Å². The van der Waals surface area contributed by atoms with E-state index in [9.17, 15) is 18.0 Å². The molecule has 0 saturated carbocycles. The summed E-state index contributed by atoms with van der Waals surface area (Å²) in [5.41, 5.74) is 2.80. The molecular formula is C30H35Cl2N3O4S. The predicted octanol–water partition coefficient (Wildman–Crippen LogP) is 6.00. The Hall–Kier alpha value is -3.07. The average molecular weight is 605 g/mol. The Morgan fingerprint density at radius 1 is 0.875 bits per heavy atom. The molecule has 10 heteroatoms. The summed E-state index contributed by atoms with van der Waals surface area (Å²) in [5.74, 6) is -0.681. The van der Waals surface area contributed by atoms with Gasteiger partial charge in [0.15, 0.2) is 0 Å². The van der Waals surface area contributed by atoms with Crippen molar-refractivity contribution in [3.05, 3.63) is 93.5 Å². The number of carbonyl (C=O) groups is 2. The van der Waals surface area contributed by atoms with Crippen LogP contribution < -0.4 is 9.62 Å². The van der Waals surface area contributed by atoms with E-state index in [0.717, 1.165) is 21.0 Å². The molecule has 1 N–H and O–H groups in total. The van der Waals surface area contributed by atoms with Gasteiger partial charge in [-0.05, 0) is 62.6 Å². The van der Waals surface area contributed by atoms with Crippen molar-refractivity contribution in [3.63, 3.8) is 0 Å². The monoisotopic (exact) mass is 603 g/mol. The predicted molar refractivity (Wildman–Crippen MR) is 161 cm³/mol. The molecule has 0 unspecified atom stereocenters. The smallest absolute Gasteiger partial charge is 0.264 e. The Morgan fingerprint density at radius 3 is 2.02 bits per heavy atom. The van der Waals surface area contributed by atoms with E-state index in [1.165, 1.54) is 35.2 Å². The van der Waals surface area contributed by atoms with Crippen LogP contribution in [0.1, 0.15) is 37.5 Å². The Balaban J connectivity index is 2.05. The Bertz CT molecular complexity index is 1440. The number of hydrogen-bond donors (Lipinski definition) is 1. The van der Waals surface area contributed by atoms with Gasteiger partial charge in [0.2, 0.25) is 11.8 Å². The third-order valence-electron chi connectivity index (χ3n) is 6.39. The van der Waals surface area contributed by atoms with Crippen LogP contribution in [0, 0.1) is 19.8 Å². The molecule has 0 radical (unpaired) electrons. The number of anilines is 1. The maximum absolute atomic E-state index is 14.0. The lowest BCUT2D eigenvalue weighted by Crippen LogP contribution is -2.51. The van der Waals surface area contributed by atoms with Crippen molar-refractivity contribution in [2.24, 2.45) is 5.92 Å². The molecule has 0 aliphatic heterocycles. The van der Waals surface area contributed by atoms with Gasteiger partial charge in [-0.15, -0.1) is 0 Å². The summed E-state index contributed by atoms with van der Waals surface area (Å²) in [7, 11) is -4.24. The van der Waals surface area contributed by atoms with Gasteiger partial charge < -0.3 is 10.2 Å². The van der Waals surface area contributed by atoms with Crippen LogP contribution >= 0.6 is 23.2 Å². The molecule has 3 rings (SSSR count). The lowest BCUT2D eigenvalue weighted by Gasteiger charge is -2.32. The van der Waals surface area contributed by atoms with Gasteiger partial charge in [-0.1, -0.05) is 84.6 Å². The standard InChI is InChI=1S/C30H35Cl2N3O4S/c1-20(2)17-33-30(37)23(5)34(18-24-10-6-21(3)7-11-24)29(36)19-35(28-16-25(31)12-15-27(28)32)40(38,39)26-13-8-22(4)9-14-26/h6-16,20,23H,17-19H2,1-5H3,(H,33,37)/t23-/m1/s1. The molecular weight excluding hydrogens is 569 g/mol. The lowest BCUT2D eigenvalue weighted by molar-refractivity contribution is -0.139. The van der Waals surface area contributed by atoms with Crippen molar-refractivity contribution in [1.82, 2.24) is 10.2 Å². The average Bonchev–Trinajstić information content (AvgIpc) is 2.91. The largest absolute Gasteiger partial charge is 0.354 e. The van der Waals surface area contributed by atoms with E-state index in [2.05, 4.69) is 5.32 Å². The molecule has 7 nitrogen and oxygen atoms in total. The van der Waals surface area contributed by atoms with Crippen molar-refractivity contribution in [3.8, 4) is 0 Å². The van der Waals surface area contributed by atoms with E-state index in [1.807, 2.05) is 52.0 Å². The number of nitrogens with one attached hydrogen (secondary N) is 1. The van der Waals surface area contributed by atoms with Crippen LogP contribution in [0.2, 0.25) is 10.0 Å². The Morgan fingerprint density at radius 2 is 1.45 bits per heavy atom. The van der Waals surface area contributed by atoms with Crippen molar-refractivity contribution >= 4 is 50.7 Å². The van der Waals surface area contributed by atoms with Crippen LogP contribution in [0.5, 0.6) is 0 Å². The minimum atomic E-state index is -4.24. The molecule has 2 amide bonds. The zero-order chi connectivity index (χ0) is 29.6. The minimum Gasteiger partial charge on any atom is -0.354 e. The SMILES string of the molecule is Cc1ccc(CN(C(=O)CN(c2cc(Cl)ccc2Cl)S(=O)(=O)c2ccc(C)cc2)[C@H](C)C(=O)NCC(C)C)cc1. The van der Waals surface area contributed by atoms with Gasteiger partial charge in [-0.2, -0.15) is 0 Å². The summed E-state index contributed by atoms with van der Waals surface area (Å²) < 4.78 is 28.8. The number of amides is 2. The second-order valence-corrected chi connectivity index (χ2v) is 12.9. The summed E-state index contributed by atoms with van der Waals surface area (Å²) in [6.45, 7) is 9.35. The fraction of sp³-hybridized carbons (Fsp3) is 0.333. The molecule has 1 atom stereocenters. The third-order valence-corrected chi connectivity index (χ3v) is 8.72. The van der Waals surface area contributed by atoms with Crippen molar-refractivity contribution < 1.29 is 18.0 Å². The fourth-order valence-electron chi connectivity index (χ4n) is 3.95. The molecule has 3 aromatic carbocycles. The van der Waals surface area contributed by atoms with Gasteiger partial charge in [0.1, 0.15) is 12.6 Å². The lowest BCUT2D eigenvalue weighted by atomic mass is 10.1. The van der Waals surface area contributed by atoms with Crippen LogP contribution in [-0.4, -0.2) is 44.3 Å². The number of nitrogens with zero attached hydrogens (tertiary/aromatic N) is 2. The van der Waals surface area contributed by atoms with Gasteiger partial charge >= 0.3 is 0 Å². The number of carbonyl (C=O) groups excluding carboxylic acids is 2.